The average Bonchev–Trinajstić information content (AvgIpc) is 2.82. The van der Waals surface area contributed by atoms with Crippen LogP contribution in [0.15, 0.2) is 71.5 Å². The zero-order valence-corrected chi connectivity index (χ0v) is 21.6. The Morgan fingerprint density at radius 1 is 0.943 bits per heavy atom. The molecule has 0 fully saturated rings. The van der Waals surface area contributed by atoms with Crippen molar-refractivity contribution in [3.8, 4) is 5.69 Å². The normalized spacial score (nSPS) is 12.9. The molecule has 3 aromatic carbocycles. The van der Waals surface area contributed by atoms with E-state index in [9.17, 15) is 9.59 Å². The average molecular weight is 470 g/mol. The maximum absolute atomic E-state index is 13.9. The Balaban J connectivity index is 1.95. The van der Waals surface area contributed by atoms with Crippen LogP contribution in [0, 0.1) is 11.3 Å². The molecule has 0 saturated heterocycles. The van der Waals surface area contributed by atoms with E-state index in [1.807, 2.05) is 93.3 Å². The fraction of sp³-hybridized carbons (Fsp3) is 0.367. The largest absolute Gasteiger partial charge is 0.332 e. The second kappa shape index (κ2) is 9.65. The van der Waals surface area contributed by atoms with E-state index in [1.165, 1.54) is 0 Å². The molecule has 0 spiro atoms. The number of aromatic nitrogens is 2. The highest BCUT2D eigenvalue weighted by molar-refractivity contribution is 5.85. The van der Waals surface area contributed by atoms with E-state index in [1.54, 1.807) is 4.57 Å². The van der Waals surface area contributed by atoms with E-state index in [2.05, 4.69) is 19.9 Å². The van der Waals surface area contributed by atoms with Crippen LogP contribution in [0.3, 0.4) is 0 Å². The zero-order chi connectivity index (χ0) is 25.3. The number of para-hydroxylation sites is 1. The van der Waals surface area contributed by atoms with Gasteiger partial charge in [0.15, 0.2) is 0 Å². The first kappa shape index (κ1) is 24.6. The number of amides is 1. The van der Waals surface area contributed by atoms with Gasteiger partial charge in [-0.2, -0.15) is 0 Å². The summed E-state index contributed by atoms with van der Waals surface area (Å²) in [5, 5.41) is 2.72. The number of nitrogens with zero attached hydrogens (tertiary/aromatic N) is 3. The zero-order valence-electron chi connectivity index (χ0n) is 21.6. The fourth-order valence-corrected chi connectivity index (χ4v) is 4.43. The van der Waals surface area contributed by atoms with Crippen molar-refractivity contribution in [2.45, 2.75) is 54.0 Å². The van der Waals surface area contributed by atoms with Gasteiger partial charge in [0.25, 0.3) is 5.56 Å². The lowest BCUT2D eigenvalue weighted by Gasteiger charge is -2.35. The molecular formula is C30H35N3O2. The molecule has 5 heteroatoms. The lowest BCUT2D eigenvalue weighted by atomic mass is 9.93. The molecule has 0 saturated carbocycles. The van der Waals surface area contributed by atoms with E-state index < -0.39 is 5.41 Å². The van der Waals surface area contributed by atoms with Crippen LogP contribution in [0.25, 0.3) is 27.4 Å². The predicted octanol–water partition coefficient (Wildman–Crippen LogP) is 6.52. The minimum absolute atomic E-state index is 0.0538. The highest BCUT2D eigenvalue weighted by Crippen LogP contribution is 2.29. The number of hydrogen-bond acceptors (Lipinski definition) is 3. The summed E-state index contributed by atoms with van der Waals surface area (Å²) in [6.45, 7) is 12.7. The Kier molecular flexibility index (Phi) is 6.79. The highest BCUT2D eigenvalue weighted by Gasteiger charge is 2.33. The summed E-state index contributed by atoms with van der Waals surface area (Å²) in [5.41, 5.74) is 0.722. The van der Waals surface area contributed by atoms with Gasteiger partial charge in [0.05, 0.1) is 22.6 Å². The van der Waals surface area contributed by atoms with Crippen molar-refractivity contribution < 1.29 is 4.79 Å². The molecule has 0 bridgehead atoms. The summed E-state index contributed by atoms with van der Waals surface area (Å²) in [5.74, 6) is 1.08. The van der Waals surface area contributed by atoms with Crippen molar-refractivity contribution in [1.29, 1.82) is 0 Å². The first-order valence-corrected chi connectivity index (χ1v) is 12.4. The molecule has 0 N–H and O–H groups in total. The van der Waals surface area contributed by atoms with Gasteiger partial charge in [-0.25, -0.2) is 4.98 Å². The van der Waals surface area contributed by atoms with Crippen LogP contribution in [0.1, 0.15) is 59.8 Å². The summed E-state index contributed by atoms with van der Waals surface area (Å²) in [6, 6.07) is 21.1. The minimum Gasteiger partial charge on any atom is -0.332 e. The lowest BCUT2D eigenvalue weighted by Crippen LogP contribution is -2.43. The van der Waals surface area contributed by atoms with Gasteiger partial charge in [-0.15, -0.1) is 0 Å². The molecule has 0 aliphatic rings. The molecule has 1 aromatic heterocycles. The Morgan fingerprint density at radius 2 is 1.60 bits per heavy atom. The third kappa shape index (κ3) is 5.00. The molecule has 0 aliphatic heterocycles. The van der Waals surface area contributed by atoms with Crippen molar-refractivity contribution in [3.05, 3.63) is 82.9 Å². The Morgan fingerprint density at radius 3 is 2.29 bits per heavy atom. The van der Waals surface area contributed by atoms with Crippen LogP contribution in [0.2, 0.25) is 0 Å². The quantitative estimate of drug-likeness (QED) is 0.323. The van der Waals surface area contributed by atoms with E-state index >= 15 is 0 Å². The minimum atomic E-state index is -0.545. The first-order valence-electron chi connectivity index (χ1n) is 12.4. The Labute approximate surface area is 207 Å². The van der Waals surface area contributed by atoms with Crippen LogP contribution in [-0.2, 0) is 4.79 Å². The van der Waals surface area contributed by atoms with Crippen molar-refractivity contribution in [2.24, 2.45) is 11.3 Å². The molecule has 0 aliphatic carbocycles. The van der Waals surface area contributed by atoms with Gasteiger partial charge < -0.3 is 4.90 Å². The van der Waals surface area contributed by atoms with E-state index in [0.29, 0.717) is 29.2 Å². The van der Waals surface area contributed by atoms with Crippen molar-refractivity contribution in [2.75, 3.05) is 6.54 Å². The number of carbonyl (C=O) groups is 1. The number of hydrogen-bond donors (Lipinski definition) is 0. The van der Waals surface area contributed by atoms with Crippen molar-refractivity contribution in [3.63, 3.8) is 0 Å². The number of carbonyl (C=O) groups excluding carboxylic acids is 1. The Hall–Kier alpha value is -3.47. The highest BCUT2D eigenvalue weighted by atomic mass is 16.2. The van der Waals surface area contributed by atoms with Gasteiger partial charge >= 0.3 is 0 Å². The van der Waals surface area contributed by atoms with Gasteiger partial charge in [-0.1, -0.05) is 77.1 Å². The monoisotopic (exact) mass is 469 g/mol. The summed E-state index contributed by atoms with van der Waals surface area (Å²) >= 11 is 0. The topological polar surface area (TPSA) is 55.2 Å². The molecule has 1 heterocycles. The summed E-state index contributed by atoms with van der Waals surface area (Å²) in [6.07, 6.45) is 0.875. The van der Waals surface area contributed by atoms with Gasteiger partial charge in [-0.05, 0) is 54.3 Å². The summed E-state index contributed by atoms with van der Waals surface area (Å²) < 4.78 is 1.69. The molecule has 1 amide bonds. The molecule has 4 aromatic rings. The van der Waals surface area contributed by atoms with Crippen LogP contribution in [-0.4, -0.2) is 26.9 Å². The van der Waals surface area contributed by atoms with Gasteiger partial charge in [0.2, 0.25) is 5.91 Å². The number of benzene rings is 3. The van der Waals surface area contributed by atoms with Crippen LogP contribution >= 0.6 is 0 Å². The molecule has 4 rings (SSSR count). The fourth-order valence-electron chi connectivity index (χ4n) is 4.43. The van der Waals surface area contributed by atoms with Crippen LogP contribution in [0.4, 0.5) is 0 Å². The van der Waals surface area contributed by atoms with Crippen LogP contribution < -0.4 is 5.56 Å². The molecule has 1 atom stereocenters. The molecule has 35 heavy (non-hydrogen) atoms. The summed E-state index contributed by atoms with van der Waals surface area (Å²) in [7, 11) is 0. The number of rotatable bonds is 6. The third-order valence-corrected chi connectivity index (χ3v) is 6.48. The van der Waals surface area contributed by atoms with Crippen LogP contribution in [0.5, 0.6) is 0 Å². The molecule has 0 radical (unpaired) electrons. The van der Waals surface area contributed by atoms with Gasteiger partial charge in [-0.3, -0.25) is 14.2 Å². The van der Waals surface area contributed by atoms with Crippen molar-refractivity contribution >= 4 is 27.6 Å². The molecule has 1 unspecified atom stereocenters. The molecular weight excluding hydrogens is 434 g/mol. The van der Waals surface area contributed by atoms with E-state index in [-0.39, 0.29) is 17.5 Å². The molecule has 5 nitrogen and oxygen atoms in total. The maximum atomic E-state index is 13.9. The predicted molar refractivity (Wildman–Crippen MR) is 144 cm³/mol. The van der Waals surface area contributed by atoms with E-state index in [0.717, 1.165) is 22.9 Å². The SMILES string of the molecule is CC(C)CCN(C(=O)C(C)(C)C)C(C)c1nc2ccccc2c(=O)n1-c1ccc2ccccc2c1. The second-order valence-electron chi connectivity index (χ2n) is 10.8. The smallest absolute Gasteiger partial charge is 0.266 e. The standard InChI is InChI=1S/C30H35N3O2/c1-20(2)17-18-32(29(35)30(4,5)6)21(3)27-31-26-14-10-9-13-25(26)28(34)33(27)24-16-15-22-11-7-8-12-23(22)19-24/h7-16,19-21H,17-18H2,1-6H3. The molecule has 182 valence electrons. The number of fused-ring (bicyclic) bond motifs is 2. The Bertz CT molecular complexity index is 1430. The van der Waals surface area contributed by atoms with Gasteiger partial charge in [0, 0.05) is 12.0 Å². The van der Waals surface area contributed by atoms with Gasteiger partial charge in [0.1, 0.15) is 5.82 Å². The van der Waals surface area contributed by atoms with E-state index in [4.69, 9.17) is 4.98 Å². The lowest BCUT2D eigenvalue weighted by molar-refractivity contribution is -0.142. The maximum Gasteiger partial charge on any atom is 0.266 e. The first-order chi connectivity index (χ1) is 16.6. The third-order valence-electron chi connectivity index (χ3n) is 6.48. The second-order valence-corrected chi connectivity index (χ2v) is 10.8. The summed E-state index contributed by atoms with van der Waals surface area (Å²) in [4.78, 5) is 34.3. The van der Waals surface area contributed by atoms with Crippen molar-refractivity contribution in [1.82, 2.24) is 14.5 Å².